The van der Waals surface area contributed by atoms with Crippen molar-refractivity contribution in [1.82, 2.24) is 0 Å². The zero-order valence-corrected chi connectivity index (χ0v) is 10.6. The molecule has 1 aromatic carbocycles. The van der Waals surface area contributed by atoms with E-state index in [0.29, 0.717) is 12.2 Å². The number of ether oxygens (including phenoxy) is 1. The topological polar surface area (TPSA) is 26.3 Å². The van der Waals surface area contributed by atoms with Crippen molar-refractivity contribution in [3.63, 3.8) is 0 Å². The molecule has 0 bridgehead atoms. The van der Waals surface area contributed by atoms with Gasteiger partial charge in [-0.15, -0.1) is 0 Å². The van der Waals surface area contributed by atoms with Crippen LogP contribution in [0.1, 0.15) is 12.5 Å². The summed E-state index contributed by atoms with van der Waals surface area (Å²) in [6.45, 7) is 5.44. The van der Waals surface area contributed by atoms with Crippen LogP contribution in [-0.2, 0) is 16.1 Å². The molecule has 0 saturated heterocycles. The Morgan fingerprint density at radius 2 is 1.93 bits per heavy atom. The molecule has 0 spiro atoms. The Kier molecular flexibility index (Phi) is 6.54. The molecule has 14 heavy (non-hydrogen) atoms. The van der Waals surface area contributed by atoms with Crippen molar-refractivity contribution in [1.29, 1.82) is 0 Å². The third-order valence-electron chi connectivity index (χ3n) is 1.56. The molecule has 3 heteroatoms. The third-order valence-corrected chi connectivity index (χ3v) is 1.56. The second-order valence-electron chi connectivity index (χ2n) is 2.84. The summed E-state index contributed by atoms with van der Waals surface area (Å²) < 4.78 is 4.95. The van der Waals surface area contributed by atoms with Crippen LogP contribution in [0.4, 0.5) is 0 Å². The zero-order chi connectivity index (χ0) is 9.68. The van der Waals surface area contributed by atoms with E-state index in [-0.39, 0.29) is 35.5 Å². The minimum absolute atomic E-state index is 0. The monoisotopic (exact) mass is 199 g/mol. The largest absolute Gasteiger partial charge is 0.457 e. The van der Waals surface area contributed by atoms with Gasteiger partial charge in [-0.1, -0.05) is 36.9 Å². The van der Waals surface area contributed by atoms with Crippen LogP contribution in [0, 0.1) is 0 Å². The number of rotatable bonds is 3. The van der Waals surface area contributed by atoms with Crippen LogP contribution < -0.4 is 0 Å². The average Bonchev–Trinajstić information content (AvgIpc) is 2.15. The second kappa shape index (κ2) is 6.82. The summed E-state index contributed by atoms with van der Waals surface area (Å²) in [7, 11) is 0. The Morgan fingerprint density at radius 3 is 2.43 bits per heavy atom. The van der Waals surface area contributed by atoms with Crippen LogP contribution in [-0.4, -0.2) is 35.5 Å². The van der Waals surface area contributed by atoms with Crippen LogP contribution in [0.15, 0.2) is 42.5 Å². The van der Waals surface area contributed by atoms with Gasteiger partial charge in [-0.2, -0.15) is 0 Å². The number of hydrogen-bond acceptors (Lipinski definition) is 2. The first kappa shape index (κ1) is 13.4. The molecule has 0 aliphatic carbocycles. The van der Waals surface area contributed by atoms with E-state index in [1.807, 2.05) is 30.3 Å². The molecule has 0 heterocycles. The van der Waals surface area contributed by atoms with Gasteiger partial charge < -0.3 is 4.74 Å². The molecule has 69 valence electrons. The number of hydrogen-bond donors (Lipinski definition) is 0. The van der Waals surface area contributed by atoms with E-state index < -0.39 is 0 Å². The summed E-state index contributed by atoms with van der Waals surface area (Å²) in [5.74, 6) is -0.344. The summed E-state index contributed by atoms with van der Waals surface area (Å²) in [6, 6.07) is 9.55. The quantitative estimate of drug-likeness (QED) is 0.422. The number of carbonyl (C=O) groups is 1. The maximum absolute atomic E-state index is 11.0. The van der Waals surface area contributed by atoms with Crippen molar-refractivity contribution in [3.8, 4) is 0 Å². The van der Waals surface area contributed by atoms with E-state index >= 15 is 0 Å². The molecule has 0 unspecified atom stereocenters. The van der Waals surface area contributed by atoms with Gasteiger partial charge in [0.15, 0.2) is 0 Å². The number of benzene rings is 1. The summed E-state index contributed by atoms with van der Waals surface area (Å²) >= 11 is 0. The molecule has 1 aromatic rings. The van der Waals surface area contributed by atoms with Crippen LogP contribution >= 0.6 is 0 Å². The summed E-state index contributed by atoms with van der Waals surface area (Å²) in [6.07, 6.45) is 0. The molecule has 0 saturated carbocycles. The predicted octanol–water partition coefficient (Wildman–Crippen LogP) is 1.93. The van der Waals surface area contributed by atoms with Crippen molar-refractivity contribution in [2.45, 2.75) is 13.5 Å². The standard InChI is InChI=1S/C11H12O2.Na/c1-9(2)11(12)13-8-10-6-4-3-5-7-10;/h3-7H,1,8H2,2H3;. The van der Waals surface area contributed by atoms with Gasteiger partial charge in [0.25, 0.3) is 0 Å². The fraction of sp³-hybridized carbons (Fsp3) is 0.182. The minimum Gasteiger partial charge on any atom is -0.457 e. The van der Waals surface area contributed by atoms with E-state index in [4.69, 9.17) is 4.74 Å². The fourth-order valence-electron chi connectivity index (χ4n) is 0.846. The van der Waals surface area contributed by atoms with Gasteiger partial charge >= 0.3 is 5.97 Å². The second-order valence-corrected chi connectivity index (χ2v) is 2.84. The summed E-state index contributed by atoms with van der Waals surface area (Å²) in [4.78, 5) is 11.0. The molecule has 0 fully saturated rings. The molecule has 0 amide bonds. The van der Waals surface area contributed by atoms with E-state index in [1.54, 1.807) is 6.92 Å². The van der Waals surface area contributed by atoms with Crippen LogP contribution in [0.3, 0.4) is 0 Å². The van der Waals surface area contributed by atoms with Gasteiger partial charge in [0.1, 0.15) is 6.61 Å². The smallest absolute Gasteiger partial charge is 0.333 e. The van der Waals surface area contributed by atoms with Crippen molar-refractivity contribution in [2.75, 3.05) is 0 Å². The predicted molar refractivity (Wildman–Crippen MR) is 56.8 cm³/mol. The van der Waals surface area contributed by atoms with Gasteiger partial charge in [0.2, 0.25) is 0 Å². The van der Waals surface area contributed by atoms with Crippen molar-refractivity contribution in [2.24, 2.45) is 0 Å². The van der Waals surface area contributed by atoms with Crippen molar-refractivity contribution in [3.05, 3.63) is 48.0 Å². The zero-order valence-electron chi connectivity index (χ0n) is 8.62. The molecular formula is C11H12NaO2. The average molecular weight is 199 g/mol. The molecule has 0 N–H and O–H groups in total. The number of carbonyl (C=O) groups excluding carboxylic acids is 1. The van der Waals surface area contributed by atoms with E-state index in [2.05, 4.69) is 6.58 Å². The van der Waals surface area contributed by atoms with Gasteiger partial charge in [-0.3, -0.25) is 0 Å². The molecular weight excluding hydrogens is 187 g/mol. The van der Waals surface area contributed by atoms with Crippen LogP contribution in [0.25, 0.3) is 0 Å². The SMILES string of the molecule is C=C(C)C(=O)OCc1ccccc1.[Na]. The summed E-state index contributed by atoms with van der Waals surface area (Å²) in [5.41, 5.74) is 1.41. The number of esters is 1. The van der Waals surface area contributed by atoms with Gasteiger partial charge in [-0.05, 0) is 12.5 Å². The van der Waals surface area contributed by atoms with Gasteiger partial charge in [0, 0.05) is 35.1 Å². The first-order valence-electron chi connectivity index (χ1n) is 4.06. The first-order chi connectivity index (χ1) is 6.20. The van der Waals surface area contributed by atoms with E-state index in [9.17, 15) is 4.79 Å². The molecule has 1 rings (SSSR count). The van der Waals surface area contributed by atoms with E-state index in [1.165, 1.54) is 0 Å². The van der Waals surface area contributed by atoms with Crippen LogP contribution in [0.5, 0.6) is 0 Å². The van der Waals surface area contributed by atoms with Crippen LogP contribution in [0.2, 0.25) is 0 Å². The fourth-order valence-corrected chi connectivity index (χ4v) is 0.846. The summed E-state index contributed by atoms with van der Waals surface area (Å²) in [5, 5.41) is 0. The molecule has 2 nitrogen and oxygen atoms in total. The molecule has 0 aromatic heterocycles. The Hall–Kier alpha value is -0.570. The molecule has 0 aliphatic heterocycles. The van der Waals surface area contributed by atoms with Gasteiger partial charge in [0.05, 0.1) is 0 Å². The molecule has 0 atom stereocenters. The van der Waals surface area contributed by atoms with Gasteiger partial charge in [-0.25, -0.2) is 4.79 Å². The molecule has 1 radical (unpaired) electrons. The minimum atomic E-state index is -0.344. The Bertz CT molecular complexity index is 306. The molecule has 0 aliphatic rings. The maximum atomic E-state index is 11.0. The Morgan fingerprint density at radius 1 is 1.36 bits per heavy atom. The van der Waals surface area contributed by atoms with E-state index in [0.717, 1.165) is 5.56 Å². The van der Waals surface area contributed by atoms with Crippen molar-refractivity contribution < 1.29 is 9.53 Å². The first-order valence-corrected chi connectivity index (χ1v) is 4.06. The Labute approximate surface area is 106 Å². The van der Waals surface area contributed by atoms with Crippen molar-refractivity contribution >= 4 is 35.5 Å². The maximum Gasteiger partial charge on any atom is 0.333 e. The normalized spacial score (nSPS) is 8.64. The Balaban J connectivity index is 0.00000169. The third kappa shape index (κ3) is 4.61.